The van der Waals surface area contributed by atoms with Crippen LogP contribution in [0.1, 0.15) is 17.5 Å². The smallest absolute Gasteiger partial charge is 0.119 e. The fourth-order valence-electron chi connectivity index (χ4n) is 4.38. The molecule has 1 fully saturated rings. The highest BCUT2D eigenvalue weighted by molar-refractivity contribution is 5.85. The average molecular weight is 352 g/mol. The summed E-state index contributed by atoms with van der Waals surface area (Å²) in [6, 6.07) is 13.9. The topological polar surface area (TPSA) is 33.7 Å². The van der Waals surface area contributed by atoms with Gasteiger partial charge in [0.25, 0.3) is 0 Å². The molecule has 0 aromatic heterocycles. The Morgan fingerprint density at radius 3 is 2.88 bits per heavy atom. The van der Waals surface area contributed by atoms with Crippen LogP contribution in [0.15, 0.2) is 36.4 Å². The molecule has 1 unspecified atom stereocenters. The molecule has 2 aliphatic heterocycles. The van der Waals surface area contributed by atoms with Crippen molar-refractivity contribution in [3.8, 4) is 16.9 Å². The van der Waals surface area contributed by atoms with Crippen molar-refractivity contribution in [2.45, 2.75) is 25.3 Å². The summed E-state index contributed by atoms with van der Waals surface area (Å²) in [4.78, 5) is 2.63. The lowest BCUT2D eigenvalue weighted by Crippen LogP contribution is -2.33. The maximum absolute atomic E-state index is 5.46. The van der Waals surface area contributed by atoms with E-state index in [2.05, 4.69) is 46.6 Å². The van der Waals surface area contributed by atoms with E-state index in [1.807, 2.05) is 0 Å². The quantitative estimate of drug-likeness (QED) is 0.895. The number of nitrogens with zero attached hydrogens (tertiary/aromatic N) is 1. The van der Waals surface area contributed by atoms with Gasteiger partial charge in [0, 0.05) is 37.5 Å². The summed E-state index contributed by atoms with van der Waals surface area (Å²) in [5.74, 6) is 0.907. The van der Waals surface area contributed by atoms with Crippen molar-refractivity contribution in [2.75, 3.05) is 45.4 Å². The molecule has 26 heavy (non-hydrogen) atoms. The highest BCUT2D eigenvalue weighted by Crippen LogP contribution is 2.43. The highest BCUT2D eigenvalue weighted by atomic mass is 16.5. The van der Waals surface area contributed by atoms with Crippen LogP contribution in [0.5, 0.6) is 5.75 Å². The molecule has 2 heterocycles. The maximum Gasteiger partial charge on any atom is 0.119 e. The van der Waals surface area contributed by atoms with Crippen molar-refractivity contribution in [1.82, 2.24) is 5.32 Å². The van der Waals surface area contributed by atoms with Crippen LogP contribution in [-0.2, 0) is 17.6 Å². The molecular formula is C22H28N2O2. The molecule has 0 spiro atoms. The summed E-state index contributed by atoms with van der Waals surface area (Å²) >= 11 is 0. The van der Waals surface area contributed by atoms with E-state index in [1.165, 1.54) is 34.4 Å². The largest absolute Gasteiger partial charge is 0.497 e. The van der Waals surface area contributed by atoms with Gasteiger partial charge in [0.2, 0.25) is 0 Å². The van der Waals surface area contributed by atoms with Gasteiger partial charge in [-0.1, -0.05) is 24.3 Å². The van der Waals surface area contributed by atoms with Gasteiger partial charge in [0.05, 0.1) is 13.7 Å². The van der Waals surface area contributed by atoms with E-state index < -0.39 is 0 Å². The van der Waals surface area contributed by atoms with E-state index in [0.29, 0.717) is 12.6 Å². The molecule has 2 aromatic carbocycles. The van der Waals surface area contributed by atoms with Crippen LogP contribution < -0.4 is 15.0 Å². The number of hydrogen-bond acceptors (Lipinski definition) is 4. The SMILES string of the molecule is COCCc1cc(OC)ccc1-c1cccc2c1N1CCNCCC1C2. The molecule has 0 saturated carbocycles. The maximum atomic E-state index is 5.46. The van der Waals surface area contributed by atoms with Gasteiger partial charge in [0.1, 0.15) is 5.75 Å². The number of rotatable bonds is 5. The van der Waals surface area contributed by atoms with Crippen LogP contribution in [0.3, 0.4) is 0 Å². The number of methoxy groups -OCH3 is 2. The van der Waals surface area contributed by atoms with E-state index in [0.717, 1.165) is 38.2 Å². The van der Waals surface area contributed by atoms with Gasteiger partial charge in [-0.25, -0.2) is 0 Å². The summed E-state index contributed by atoms with van der Waals surface area (Å²) in [5, 5.41) is 3.55. The Labute approximate surface area is 156 Å². The predicted octanol–water partition coefficient (Wildman–Crippen LogP) is 3.28. The molecular weight excluding hydrogens is 324 g/mol. The monoisotopic (exact) mass is 352 g/mol. The molecule has 1 atom stereocenters. The summed E-state index contributed by atoms with van der Waals surface area (Å²) in [7, 11) is 3.49. The molecule has 4 heteroatoms. The first-order valence-corrected chi connectivity index (χ1v) is 9.57. The minimum absolute atomic E-state index is 0.627. The summed E-state index contributed by atoms with van der Waals surface area (Å²) in [6.45, 7) is 3.97. The Hall–Kier alpha value is -2.04. The number of ether oxygens (including phenoxy) is 2. The van der Waals surface area contributed by atoms with Crippen LogP contribution in [0.2, 0.25) is 0 Å². The summed E-state index contributed by atoms with van der Waals surface area (Å²) in [6.07, 6.45) is 3.26. The fraction of sp³-hybridized carbons (Fsp3) is 0.455. The Bertz CT molecular complexity index is 775. The third-order valence-corrected chi connectivity index (χ3v) is 5.67. The number of benzene rings is 2. The van der Waals surface area contributed by atoms with E-state index >= 15 is 0 Å². The molecule has 0 aliphatic carbocycles. The molecule has 4 nitrogen and oxygen atoms in total. The Kier molecular flexibility index (Phi) is 5.14. The lowest BCUT2D eigenvalue weighted by atomic mass is 9.94. The Morgan fingerprint density at radius 2 is 2.04 bits per heavy atom. The van der Waals surface area contributed by atoms with Crippen LogP contribution in [0, 0.1) is 0 Å². The molecule has 2 aromatic rings. The summed E-state index contributed by atoms with van der Waals surface area (Å²) < 4.78 is 10.8. The lowest BCUT2D eigenvalue weighted by Gasteiger charge is -2.27. The zero-order valence-electron chi connectivity index (χ0n) is 15.8. The predicted molar refractivity (Wildman–Crippen MR) is 106 cm³/mol. The van der Waals surface area contributed by atoms with Gasteiger partial charge in [0.15, 0.2) is 0 Å². The third kappa shape index (κ3) is 3.19. The van der Waals surface area contributed by atoms with Crippen molar-refractivity contribution in [3.63, 3.8) is 0 Å². The van der Waals surface area contributed by atoms with Crippen LogP contribution in [0.25, 0.3) is 11.1 Å². The van der Waals surface area contributed by atoms with Crippen LogP contribution in [0.4, 0.5) is 5.69 Å². The second kappa shape index (κ2) is 7.68. The molecule has 4 rings (SSSR count). The standard InChI is InChI=1S/C22H28N2O2/c1-25-13-9-16-15-19(26-2)6-7-20(16)21-5-3-4-17-14-18-8-10-23-11-12-24(18)22(17)21/h3-7,15,18,23H,8-14H2,1-2H3. The van der Waals surface area contributed by atoms with Gasteiger partial charge in [-0.2, -0.15) is 0 Å². The minimum atomic E-state index is 0.627. The van der Waals surface area contributed by atoms with Gasteiger partial charge in [-0.3, -0.25) is 0 Å². The van der Waals surface area contributed by atoms with Gasteiger partial charge in [-0.15, -0.1) is 0 Å². The van der Waals surface area contributed by atoms with Crippen molar-refractivity contribution < 1.29 is 9.47 Å². The van der Waals surface area contributed by atoms with E-state index in [-0.39, 0.29) is 0 Å². The third-order valence-electron chi connectivity index (χ3n) is 5.67. The number of para-hydroxylation sites is 1. The number of anilines is 1. The normalized spacial score (nSPS) is 19.0. The zero-order chi connectivity index (χ0) is 17.9. The second-order valence-electron chi connectivity index (χ2n) is 7.17. The second-order valence-corrected chi connectivity index (χ2v) is 7.17. The van der Waals surface area contributed by atoms with Crippen molar-refractivity contribution in [2.24, 2.45) is 0 Å². The first-order valence-electron chi connectivity index (χ1n) is 9.57. The first-order chi connectivity index (χ1) is 12.8. The van der Waals surface area contributed by atoms with E-state index in [4.69, 9.17) is 9.47 Å². The molecule has 0 radical (unpaired) electrons. The molecule has 138 valence electrons. The van der Waals surface area contributed by atoms with Crippen LogP contribution >= 0.6 is 0 Å². The van der Waals surface area contributed by atoms with Crippen molar-refractivity contribution >= 4 is 5.69 Å². The molecule has 2 aliphatic rings. The Morgan fingerprint density at radius 1 is 1.12 bits per heavy atom. The zero-order valence-corrected chi connectivity index (χ0v) is 15.8. The van der Waals surface area contributed by atoms with Gasteiger partial charge >= 0.3 is 0 Å². The van der Waals surface area contributed by atoms with Crippen molar-refractivity contribution in [1.29, 1.82) is 0 Å². The summed E-state index contributed by atoms with van der Waals surface area (Å²) in [5.41, 5.74) is 6.86. The number of nitrogens with one attached hydrogen (secondary N) is 1. The molecule has 1 N–H and O–H groups in total. The Balaban J connectivity index is 1.79. The molecule has 1 saturated heterocycles. The van der Waals surface area contributed by atoms with Crippen LogP contribution in [-0.4, -0.2) is 46.5 Å². The first kappa shape index (κ1) is 17.4. The van der Waals surface area contributed by atoms with Gasteiger partial charge < -0.3 is 19.7 Å². The minimum Gasteiger partial charge on any atom is -0.497 e. The van der Waals surface area contributed by atoms with Gasteiger partial charge in [-0.05, 0) is 54.6 Å². The van der Waals surface area contributed by atoms with Crippen molar-refractivity contribution in [3.05, 3.63) is 47.5 Å². The molecule has 0 amide bonds. The number of hydrogen-bond donors (Lipinski definition) is 1. The van der Waals surface area contributed by atoms with E-state index in [1.54, 1.807) is 14.2 Å². The number of fused-ring (bicyclic) bond motifs is 3. The van der Waals surface area contributed by atoms with E-state index in [9.17, 15) is 0 Å². The highest BCUT2D eigenvalue weighted by Gasteiger charge is 2.32. The lowest BCUT2D eigenvalue weighted by molar-refractivity contribution is 0.202. The fourth-order valence-corrected chi connectivity index (χ4v) is 4.38. The average Bonchev–Trinajstić information content (AvgIpc) is 2.87. The molecule has 0 bridgehead atoms.